The van der Waals surface area contributed by atoms with Crippen molar-refractivity contribution >= 4 is 11.6 Å². The number of nitrogens with two attached hydrogens (primary N) is 2. The normalized spacial score (nSPS) is 36.1. The maximum atomic E-state index is 14.8. The molecule has 1 aromatic rings. The van der Waals surface area contributed by atoms with Crippen molar-refractivity contribution in [2.75, 3.05) is 31.1 Å². The molecule has 6 N–H and O–H groups in total. The zero-order valence-electron chi connectivity index (χ0n) is 15.5. The summed E-state index contributed by atoms with van der Waals surface area (Å²) in [7, 11) is 0. The van der Waals surface area contributed by atoms with E-state index in [1.807, 2.05) is 6.07 Å². The molecule has 4 atom stereocenters. The number of hydrazine groups is 1. The Hall–Kier alpha value is -1.90. The van der Waals surface area contributed by atoms with Crippen molar-refractivity contribution in [2.45, 2.75) is 37.5 Å². The number of halogens is 1. The second kappa shape index (κ2) is 6.32. The zero-order chi connectivity index (χ0) is 18.6. The van der Waals surface area contributed by atoms with Gasteiger partial charge < -0.3 is 10.6 Å². The Labute approximate surface area is 158 Å². The molecule has 1 aromatic carbocycles. The summed E-state index contributed by atoms with van der Waals surface area (Å²) in [5, 5.41) is 0. The van der Waals surface area contributed by atoms with Crippen LogP contribution in [0.3, 0.4) is 0 Å². The third kappa shape index (κ3) is 2.96. The van der Waals surface area contributed by atoms with Crippen LogP contribution in [0.4, 0.5) is 10.1 Å². The highest BCUT2D eigenvalue weighted by Crippen LogP contribution is 2.46. The van der Waals surface area contributed by atoms with Crippen LogP contribution in [0.1, 0.15) is 31.2 Å². The molecule has 146 valence electrons. The first-order valence-corrected chi connectivity index (χ1v) is 9.98. The van der Waals surface area contributed by atoms with Gasteiger partial charge in [0.05, 0.1) is 5.69 Å². The SMILES string of the molecule is NC1=NC(N)(c2ccc(N3CCN([C@H]4C[C@@H]5CC[C@H]4C5)CC3)c(F)c2)NN1. The summed E-state index contributed by atoms with van der Waals surface area (Å²) >= 11 is 0. The fourth-order valence-electron chi connectivity index (χ4n) is 5.50. The lowest BCUT2D eigenvalue weighted by Crippen LogP contribution is -2.52. The summed E-state index contributed by atoms with van der Waals surface area (Å²) in [4.78, 5) is 8.90. The number of benzene rings is 1. The van der Waals surface area contributed by atoms with E-state index in [0.29, 0.717) is 11.3 Å². The Morgan fingerprint density at radius 1 is 1.15 bits per heavy atom. The molecule has 2 saturated carbocycles. The molecule has 4 aliphatic rings. The predicted octanol–water partition coefficient (Wildman–Crippen LogP) is 0.628. The van der Waals surface area contributed by atoms with Crippen LogP contribution in [0, 0.1) is 17.7 Å². The van der Waals surface area contributed by atoms with Crippen molar-refractivity contribution in [3.8, 4) is 0 Å². The third-order valence-electron chi connectivity index (χ3n) is 6.89. The Morgan fingerprint density at radius 2 is 1.96 bits per heavy atom. The lowest BCUT2D eigenvalue weighted by Gasteiger charge is -2.42. The average Bonchev–Trinajstić information content (AvgIpc) is 3.38. The first-order chi connectivity index (χ1) is 13.0. The minimum absolute atomic E-state index is 0.193. The molecule has 2 bridgehead atoms. The van der Waals surface area contributed by atoms with Crippen LogP contribution in [-0.4, -0.2) is 43.1 Å². The van der Waals surface area contributed by atoms with Crippen LogP contribution >= 0.6 is 0 Å². The maximum Gasteiger partial charge on any atom is 0.209 e. The zero-order valence-corrected chi connectivity index (χ0v) is 15.5. The van der Waals surface area contributed by atoms with E-state index in [1.54, 1.807) is 6.07 Å². The molecule has 0 amide bonds. The highest BCUT2D eigenvalue weighted by atomic mass is 19.1. The van der Waals surface area contributed by atoms with E-state index in [1.165, 1.54) is 31.7 Å². The minimum Gasteiger partial charge on any atom is -0.369 e. The second-order valence-electron chi connectivity index (χ2n) is 8.44. The summed E-state index contributed by atoms with van der Waals surface area (Å²) < 4.78 is 14.8. The molecule has 1 saturated heterocycles. The molecule has 2 aliphatic carbocycles. The van der Waals surface area contributed by atoms with Gasteiger partial charge in [0.2, 0.25) is 11.7 Å². The average molecular weight is 373 g/mol. The van der Waals surface area contributed by atoms with Gasteiger partial charge in [0, 0.05) is 37.8 Å². The van der Waals surface area contributed by atoms with Crippen LogP contribution in [0.15, 0.2) is 23.2 Å². The first-order valence-electron chi connectivity index (χ1n) is 9.98. The number of nitrogens with one attached hydrogen (secondary N) is 2. The van der Waals surface area contributed by atoms with Gasteiger partial charge in [-0.1, -0.05) is 12.5 Å². The number of aliphatic imine (C=N–C) groups is 1. The van der Waals surface area contributed by atoms with Crippen molar-refractivity contribution in [1.82, 2.24) is 15.8 Å². The molecule has 0 spiro atoms. The number of nitrogens with zero attached hydrogens (tertiary/aromatic N) is 3. The van der Waals surface area contributed by atoms with E-state index in [-0.39, 0.29) is 11.8 Å². The highest BCUT2D eigenvalue weighted by molar-refractivity contribution is 5.79. The molecule has 0 aromatic heterocycles. The Kier molecular flexibility index (Phi) is 4.03. The maximum absolute atomic E-state index is 14.8. The van der Waals surface area contributed by atoms with Crippen LogP contribution < -0.4 is 27.2 Å². The fourth-order valence-corrected chi connectivity index (χ4v) is 5.50. The molecular formula is C19H28FN7. The van der Waals surface area contributed by atoms with E-state index in [4.69, 9.17) is 11.5 Å². The van der Waals surface area contributed by atoms with E-state index in [2.05, 4.69) is 25.6 Å². The minimum atomic E-state index is -1.23. The topological polar surface area (TPSA) is 94.9 Å². The smallest absolute Gasteiger partial charge is 0.209 e. The number of rotatable bonds is 3. The molecule has 8 heteroatoms. The summed E-state index contributed by atoms with van der Waals surface area (Å²) in [6.45, 7) is 3.76. The van der Waals surface area contributed by atoms with E-state index in [9.17, 15) is 4.39 Å². The highest BCUT2D eigenvalue weighted by Gasteiger charge is 2.42. The van der Waals surface area contributed by atoms with Gasteiger partial charge in [-0.25, -0.2) is 9.38 Å². The molecule has 0 radical (unpaired) electrons. The molecule has 1 unspecified atom stereocenters. The monoisotopic (exact) mass is 373 g/mol. The summed E-state index contributed by atoms with van der Waals surface area (Å²) in [6, 6.07) is 5.84. The van der Waals surface area contributed by atoms with Gasteiger partial charge in [0.25, 0.3) is 0 Å². The largest absolute Gasteiger partial charge is 0.369 e. The number of hydrogen-bond donors (Lipinski definition) is 4. The predicted molar refractivity (Wildman–Crippen MR) is 103 cm³/mol. The van der Waals surface area contributed by atoms with Gasteiger partial charge in [-0.05, 0) is 43.2 Å². The summed E-state index contributed by atoms with van der Waals surface area (Å²) in [5.41, 5.74) is 18.4. The van der Waals surface area contributed by atoms with E-state index >= 15 is 0 Å². The van der Waals surface area contributed by atoms with Crippen LogP contribution in [0.5, 0.6) is 0 Å². The summed E-state index contributed by atoms with van der Waals surface area (Å²) in [5.74, 6) is 0.553. The number of anilines is 1. The van der Waals surface area contributed by atoms with Gasteiger partial charge in [0.15, 0.2) is 0 Å². The van der Waals surface area contributed by atoms with Crippen LogP contribution in [0.25, 0.3) is 0 Å². The first kappa shape index (κ1) is 17.2. The fraction of sp³-hybridized carbons (Fsp3) is 0.632. The van der Waals surface area contributed by atoms with Crippen molar-refractivity contribution < 1.29 is 4.39 Å². The Balaban J connectivity index is 1.26. The second-order valence-corrected chi connectivity index (χ2v) is 8.44. The van der Waals surface area contributed by atoms with Gasteiger partial charge in [0.1, 0.15) is 5.82 Å². The molecule has 2 aliphatic heterocycles. The lowest BCUT2D eigenvalue weighted by atomic mass is 9.93. The van der Waals surface area contributed by atoms with Gasteiger partial charge >= 0.3 is 0 Å². The molecule has 27 heavy (non-hydrogen) atoms. The quantitative estimate of drug-likeness (QED) is 0.621. The number of fused-ring (bicyclic) bond motifs is 2. The van der Waals surface area contributed by atoms with E-state index < -0.39 is 5.79 Å². The van der Waals surface area contributed by atoms with Crippen molar-refractivity contribution in [3.63, 3.8) is 0 Å². The van der Waals surface area contributed by atoms with Crippen molar-refractivity contribution in [3.05, 3.63) is 29.6 Å². The van der Waals surface area contributed by atoms with Crippen molar-refractivity contribution in [2.24, 2.45) is 28.3 Å². The summed E-state index contributed by atoms with van der Waals surface area (Å²) in [6.07, 6.45) is 5.64. The van der Waals surface area contributed by atoms with Crippen molar-refractivity contribution in [1.29, 1.82) is 0 Å². The van der Waals surface area contributed by atoms with E-state index in [0.717, 1.165) is 44.1 Å². The molecule has 3 fully saturated rings. The lowest BCUT2D eigenvalue weighted by molar-refractivity contribution is 0.134. The van der Waals surface area contributed by atoms with Gasteiger partial charge in [-0.2, -0.15) is 5.43 Å². The number of guanidine groups is 1. The molecule has 5 rings (SSSR count). The Morgan fingerprint density at radius 3 is 2.56 bits per heavy atom. The number of hydrogen-bond acceptors (Lipinski definition) is 7. The van der Waals surface area contributed by atoms with Gasteiger partial charge in [-0.15, -0.1) is 0 Å². The Bertz CT molecular complexity index is 760. The standard InChI is InChI=1S/C19H28FN7/c20-15-11-14(19(22)23-18(21)24-25-19)3-4-16(15)26-5-7-27(8-6-26)17-10-12-1-2-13(17)9-12/h3-4,11-13,17,25H,1-2,5-10,22H2,(H3,21,23,24)/t12-,13+,17+,19?/m1/s1. The molecular weight excluding hydrogens is 345 g/mol. The third-order valence-corrected chi connectivity index (χ3v) is 6.89. The van der Waals surface area contributed by atoms with Crippen LogP contribution in [0.2, 0.25) is 0 Å². The van der Waals surface area contributed by atoms with Crippen LogP contribution in [-0.2, 0) is 5.79 Å². The molecule has 2 heterocycles. The molecule has 7 nitrogen and oxygen atoms in total. The number of piperazine rings is 1. The van der Waals surface area contributed by atoms with Gasteiger partial charge in [-0.3, -0.25) is 16.1 Å².